The minimum atomic E-state index is -0.690. The van der Waals surface area contributed by atoms with Gasteiger partial charge in [0.1, 0.15) is 11.4 Å². The standard InChI is InChI=1S/C18H12FN3O5S/c1-9-16(10-2-4-11(19)5-3-10)20-18(28-9)21-17(23)12-6-14-15(27-8-26-14)7-13(12)22(24)25/h2-7H,8H2,1H3,(H,20,21,23). The van der Waals surface area contributed by atoms with E-state index in [0.29, 0.717) is 11.3 Å². The predicted molar refractivity (Wildman–Crippen MR) is 99.4 cm³/mol. The number of benzene rings is 2. The maximum Gasteiger partial charge on any atom is 0.286 e. The van der Waals surface area contributed by atoms with Gasteiger partial charge in [0, 0.05) is 16.5 Å². The second-order valence-electron chi connectivity index (χ2n) is 5.86. The van der Waals surface area contributed by atoms with Gasteiger partial charge in [-0.1, -0.05) is 0 Å². The van der Waals surface area contributed by atoms with Gasteiger partial charge in [-0.3, -0.25) is 20.2 Å². The molecule has 1 aliphatic rings. The lowest BCUT2D eigenvalue weighted by Gasteiger charge is -2.05. The summed E-state index contributed by atoms with van der Waals surface area (Å²) in [6.45, 7) is 1.75. The summed E-state index contributed by atoms with van der Waals surface area (Å²) in [6.07, 6.45) is 0. The molecule has 2 aromatic carbocycles. The second kappa shape index (κ2) is 6.89. The summed E-state index contributed by atoms with van der Waals surface area (Å²) in [4.78, 5) is 28.5. The van der Waals surface area contributed by atoms with Crippen LogP contribution >= 0.6 is 11.3 Å². The Hall–Kier alpha value is -3.53. The average Bonchev–Trinajstić information content (AvgIpc) is 3.27. The highest BCUT2D eigenvalue weighted by Gasteiger charge is 2.28. The lowest BCUT2D eigenvalue weighted by Crippen LogP contribution is -2.14. The number of nitrogens with one attached hydrogen (secondary N) is 1. The molecule has 0 unspecified atom stereocenters. The summed E-state index contributed by atoms with van der Waals surface area (Å²) < 4.78 is 23.4. The van der Waals surface area contributed by atoms with Crippen molar-refractivity contribution in [3.05, 3.63) is 62.8 Å². The molecule has 1 amide bonds. The van der Waals surface area contributed by atoms with Crippen molar-refractivity contribution in [1.29, 1.82) is 0 Å². The van der Waals surface area contributed by atoms with Gasteiger partial charge in [-0.15, -0.1) is 11.3 Å². The molecule has 142 valence electrons. The molecule has 10 heteroatoms. The van der Waals surface area contributed by atoms with Gasteiger partial charge < -0.3 is 9.47 Å². The van der Waals surface area contributed by atoms with E-state index in [4.69, 9.17) is 9.47 Å². The van der Waals surface area contributed by atoms with Gasteiger partial charge in [-0.05, 0) is 31.2 Å². The van der Waals surface area contributed by atoms with Crippen LogP contribution in [-0.2, 0) is 0 Å². The van der Waals surface area contributed by atoms with Crippen molar-refractivity contribution in [3.8, 4) is 22.8 Å². The van der Waals surface area contributed by atoms with Gasteiger partial charge in [-0.2, -0.15) is 0 Å². The highest BCUT2D eigenvalue weighted by atomic mass is 32.1. The fraction of sp³-hybridized carbons (Fsp3) is 0.111. The first kappa shape index (κ1) is 17.9. The molecule has 0 spiro atoms. The number of aromatic nitrogens is 1. The number of thiazole rings is 1. The van der Waals surface area contributed by atoms with Crippen LogP contribution in [0, 0.1) is 22.9 Å². The normalized spacial score (nSPS) is 12.1. The number of amides is 1. The van der Waals surface area contributed by atoms with E-state index in [1.807, 2.05) is 6.92 Å². The van der Waals surface area contributed by atoms with Crippen molar-refractivity contribution < 1.29 is 23.6 Å². The number of nitrogens with zero attached hydrogens (tertiary/aromatic N) is 2. The summed E-state index contributed by atoms with van der Waals surface area (Å²) in [5.74, 6) is -0.574. The molecule has 4 rings (SSSR count). The number of carbonyl (C=O) groups excluding carboxylic acids is 1. The van der Waals surface area contributed by atoms with Gasteiger partial charge in [0.05, 0.1) is 16.7 Å². The van der Waals surface area contributed by atoms with Crippen LogP contribution in [0.5, 0.6) is 11.5 Å². The van der Waals surface area contributed by atoms with Crippen molar-refractivity contribution in [1.82, 2.24) is 4.98 Å². The molecule has 0 fully saturated rings. The molecule has 0 aliphatic carbocycles. The van der Waals surface area contributed by atoms with E-state index in [0.717, 1.165) is 10.9 Å². The zero-order valence-corrected chi connectivity index (χ0v) is 15.2. The van der Waals surface area contributed by atoms with E-state index in [-0.39, 0.29) is 34.8 Å². The number of halogens is 1. The molecule has 8 nitrogen and oxygen atoms in total. The molecule has 1 aliphatic heterocycles. The number of ether oxygens (including phenoxy) is 2. The molecule has 0 saturated heterocycles. The van der Waals surface area contributed by atoms with Crippen LogP contribution in [-0.4, -0.2) is 22.6 Å². The van der Waals surface area contributed by atoms with Crippen LogP contribution in [0.25, 0.3) is 11.3 Å². The Kier molecular flexibility index (Phi) is 4.40. The van der Waals surface area contributed by atoms with E-state index in [1.54, 1.807) is 12.1 Å². The van der Waals surface area contributed by atoms with Crippen LogP contribution in [0.3, 0.4) is 0 Å². The van der Waals surface area contributed by atoms with E-state index >= 15 is 0 Å². The van der Waals surface area contributed by atoms with Crippen LogP contribution in [0.2, 0.25) is 0 Å². The number of anilines is 1. The molecule has 1 N–H and O–H groups in total. The van der Waals surface area contributed by atoms with E-state index in [2.05, 4.69) is 10.3 Å². The molecule has 28 heavy (non-hydrogen) atoms. The molecular weight excluding hydrogens is 389 g/mol. The van der Waals surface area contributed by atoms with Crippen molar-refractivity contribution in [2.24, 2.45) is 0 Å². The van der Waals surface area contributed by atoms with Crippen LogP contribution in [0.1, 0.15) is 15.2 Å². The summed E-state index contributed by atoms with van der Waals surface area (Å²) in [7, 11) is 0. The molecular formula is C18H12FN3O5S. The predicted octanol–water partition coefficient (Wildman–Crippen LogP) is 4.15. The van der Waals surface area contributed by atoms with Crippen molar-refractivity contribution in [2.45, 2.75) is 6.92 Å². The monoisotopic (exact) mass is 401 g/mol. The highest BCUT2D eigenvalue weighted by molar-refractivity contribution is 7.16. The zero-order chi connectivity index (χ0) is 19.8. The molecule has 0 bridgehead atoms. The Morgan fingerprint density at radius 1 is 1.25 bits per heavy atom. The maximum absolute atomic E-state index is 13.1. The molecule has 0 atom stereocenters. The first-order chi connectivity index (χ1) is 13.4. The Labute approximate surface area is 161 Å². The van der Waals surface area contributed by atoms with Gasteiger partial charge in [-0.25, -0.2) is 9.37 Å². The number of aryl methyl sites for hydroxylation is 1. The van der Waals surface area contributed by atoms with Gasteiger partial charge in [0.15, 0.2) is 16.6 Å². The Morgan fingerprint density at radius 3 is 2.61 bits per heavy atom. The van der Waals surface area contributed by atoms with Gasteiger partial charge in [0.2, 0.25) is 6.79 Å². The van der Waals surface area contributed by atoms with Crippen molar-refractivity contribution in [3.63, 3.8) is 0 Å². The molecule has 2 heterocycles. The molecule has 0 saturated carbocycles. The van der Waals surface area contributed by atoms with Gasteiger partial charge in [0.25, 0.3) is 11.6 Å². The summed E-state index contributed by atoms with van der Waals surface area (Å²) in [6, 6.07) is 8.26. The first-order valence-corrected chi connectivity index (χ1v) is 8.87. The van der Waals surface area contributed by atoms with Crippen LogP contribution in [0.15, 0.2) is 36.4 Å². The minimum absolute atomic E-state index is 0.0652. The van der Waals surface area contributed by atoms with Crippen molar-refractivity contribution in [2.75, 3.05) is 12.1 Å². The average molecular weight is 401 g/mol. The SMILES string of the molecule is Cc1sc(NC(=O)c2cc3c(cc2[N+](=O)[O-])OCO3)nc1-c1ccc(F)cc1. The number of fused-ring (bicyclic) bond motifs is 1. The maximum atomic E-state index is 13.1. The summed E-state index contributed by atoms with van der Waals surface area (Å²) in [5, 5.41) is 14.2. The van der Waals surface area contributed by atoms with E-state index in [1.165, 1.54) is 29.5 Å². The largest absolute Gasteiger partial charge is 0.454 e. The minimum Gasteiger partial charge on any atom is -0.454 e. The van der Waals surface area contributed by atoms with Crippen LogP contribution < -0.4 is 14.8 Å². The third-order valence-electron chi connectivity index (χ3n) is 4.07. The fourth-order valence-corrected chi connectivity index (χ4v) is 3.58. The zero-order valence-electron chi connectivity index (χ0n) is 14.4. The molecule has 3 aromatic rings. The number of rotatable bonds is 4. The topological polar surface area (TPSA) is 104 Å². The number of carbonyl (C=O) groups is 1. The Bertz CT molecular complexity index is 1100. The fourth-order valence-electron chi connectivity index (χ4n) is 2.75. The lowest BCUT2D eigenvalue weighted by molar-refractivity contribution is -0.385. The second-order valence-corrected chi connectivity index (χ2v) is 7.07. The summed E-state index contributed by atoms with van der Waals surface area (Å²) in [5.41, 5.74) is 0.740. The van der Waals surface area contributed by atoms with Gasteiger partial charge >= 0.3 is 0 Å². The first-order valence-electron chi connectivity index (χ1n) is 8.05. The number of hydrogen-bond acceptors (Lipinski definition) is 7. The smallest absolute Gasteiger partial charge is 0.286 e. The Morgan fingerprint density at radius 2 is 1.93 bits per heavy atom. The molecule has 1 aromatic heterocycles. The lowest BCUT2D eigenvalue weighted by atomic mass is 10.1. The Balaban J connectivity index is 1.64. The van der Waals surface area contributed by atoms with E-state index in [9.17, 15) is 19.3 Å². The quantitative estimate of drug-likeness (QED) is 0.520. The highest BCUT2D eigenvalue weighted by Crippen LogP contribution is 2.38. The number of nitro groups is 1. The number of nitro benzene ring substituents is 1. The third kappa shape index (κ3) is 3.25. The summed E-state index contributed by atoms with van der Waals surface area (Å²) >= 11 is 1.21. The van der Waals surface area contributed by atoms with Crippen LogP contribution in [0.4, 0.5) is 15.2 Å². The third-order valence-corrected chi connectivity index (χ3v) is 4.95. The molecule has 0 radical (unpaired) electrons. The number of hydrogen-bond donors (Lipinski definition) is 1. The van der Waals surface area contributed by atoms with E-state index < -0.39 is 16.5 Å². The van der Waals surface area contributed by atoms with Crippen molar-refractivity contribution >= 4 is 28.1 Å².